The lowest BCUT2D eigenvalue weighted by Crippen LogP contribution is -2.46. The maximum absolute atomic E-state index is 14.0. The van der Waals surface area contributed by atoms with Crippen LogP contribution in [0.1, 0.15) is 25.0 Å². The molecule has 0 atom stereocenters. The Morgan fingerprint density at radius 3 is 2.30 bits per heavy atom. The number of nitrogens with one attached hydrogen (secondary N) is 2. The number of H-pyrrole nitrogens is 1. The van der Waals surface area contributed by atoms with Crippen molar-refractivity contribution in [1.82, 2.24) is 14.8 Å². The minimum absolute atomic E-state index is 0.0936. The number of nitrogens with zero attached hydrogens (tertiary/aromatic N) is 2. The number of carbonyl (C=O) groups excluding carboxylic acids is 2. The number of carbonyl (C=O) groups is 2. The van der Waals surface area contributed by atoms with E-state index in [1.165, 1.54) is 7.11 Å². The average Bonchev–Trinajstić information content (AvgIpc) is 3.45. The van der Waals surface area contributed by atoms with E-state index in [9.17, 15) is 9.59 Å². The molecule has 0 aliphatic heterocycles. The summed E-state index contributed by atoms with van der Waals surface area (Å²) in [4.78, 5) is 34.2. The minimum Gasteiger partial charge on any atom is -0.497 e. The fraction of sp³-hybridized carbons (Fsp3) is 0.353. The van der Waals surface area contributed by atoms with Crippen LogP contribution in [-0.4, -0.2) is 74.8 Å². The summed E-state index contributed by atoms with van der Waals surface area (Å²) >= 11 is 0. The van der Waals surface area contributed by atoms with Crippen molar-refractivity contribution < 1.29 is 28.5 Å². The van der Waals surface area contributed by atoms with E-state index in [-0.39, 0.29) is 18.4 Å². The fourth-order valence-corrected chi connectivity index (χ4v) is 5.10. The predicted molar refractivity (Wildman–Crippen MR) is 172 cm³/mol. The molecule has 0 radical (unpaired) electrons. The maximum Gasteiger partial charge on any atom is 0.322 e. The van der Waals surface area contributed by atoms with Crippen molar-refractivity contribution in [2.45, 2.75) is 26.8 Å². The van der Waals surface area contributed by atoms with Crippen molar-refractivity contribution >= 4 is 28.5 Å². The first-order valence-electron chi connectivity index (χ1n) is 14.6. The molecule has 3 amide bonds. The molecule has 0 unspecified atom stereocenters. The summed E-state index contributed by atoms with van der Waals surface area (Å²) in [6.45, 7) is 5.12. The number of para-hydroxylation sites is 1. The summed E-state index contributed by atoms with van der Waals surface area (Å²) < 4.78 is 21.6. The normalized spacial score (nSPS) is 10.9. The van der Waals surface area contributed by atoms with Gasteiger partial charge < -0.3 is 39.0 Å². The van der Waals surface area contributed by atoms with Crippen LogP contribution < -0.4 is 24.3 Å². The summed E-state index contributed by atoms with van der Waals surface area (Å²) in [6, 6.07) is 18.5. The van der Waals surface area contributed by atoms with Gasteiger partial charge in [0.05, 0.1) is 34.1 Å². The Morgan fingerprint density at radius 1 is 0.841 bits per heavy atom. The highest BCUT2D eigenvalue weighted by atomic mass is 16.5. The van der Waals surface area contributed by atoms with E-state index in [4.69, 9.17) is 18.9 Å². The van der Waals surface area contributed by atoms with E-state index in [2.05, 4.69) is 16.4 Å². The SMILES string of the molecule is COc1ccc(NC(=O)N(CC(=O)N(CCc2c[nH]c3ccccc23)Cc2ccc(OC)c(OC)c2)CC(C)C)c(OC)c1. The Labute approximate surface area is 258 Å². The second kappa shape index (κ2) is 15.0. The predicted octanol–water partition coefficient (Wildman–Crippen LogP) is 5.96. The van der Waals surface area contributed by atoms with Gasteiger partial charge in [0, 0.05) is 42.8 Å². The molecule has 4 rings (SSSR count). The highest BCUT2D eigenvalue weighted by Gasteiger charge is 2.24. The van der Waals surface area contributed by atoms with Crippen LogP contribution in [0, 0.1) is 5.92 Å². The van der Waals surface area contributed by atoms with Crippen LogP contribution in [0.25, 0.3) is 10.9 Å². The largest absolute Gasteiger partial charge is 0.497 e. The van der Waals surface area contributed by atoms with Gasteiger partial charge in [0.1, 0.15) is 18.0 Å². The molecule has 234 valence electrons. The molecule has 10 nitrogen and oxygen atoms in total. The molecule has 44 heavy (non-hydrogen) atoms. The molecule has 0 bridgehead atoms. The first-order valence-corrected chi connectivity index (χ1v) is 14.6. The number of rotatable bonds is 14. The molecule has 2 N–H and O–H groups in total. The highest BCUT2D eigenvalue weighted by Crippen LogP contribution is 2.30. The third kappa shape index (κ3) is 7.94. The van der Waals surface area contributed by atoms with Crippen molar-refractivity contribution in [2.75, 3.05) is 53.4 Å². The molecule has 0 fully saturated rings. The Bertz CT molecular complexity index is 1570. The van der Waals surface area contributed by atoms with E-state index in [0.717, 1.165) is 22.0 Å². The van der Waals surface area contributed by atoms with Gasteiger partial charge in [-0.2, -0.15) is 0 Å². The zero-order valence-electron chi connectivity index (χ0n) is 26.3. The van der Waals surface area contributed by atoms with Crippen LogP contribution in [0.4, 0.5) is 10.5 Å². The average molecular weight is 603 g/mol. The zero-order valence-corrected chi connectivity index (χ0v) is 26.3. The minimum atomic E-state index is -0.391. The van der Waals surface area contributed by atoms with E-state index in [1.807, 2.05) is 56.4 Å². The van der Waals surface area contributed by atoms with Gasteiger partial charge >= 0.3 is 6.03 Å². The lowest BCUT2D eigenvalue weighted by Gasteiger charge is -2.29. The van der Waals surface area contributed by atoms with Crippen LogP contribution in [-0.2, 0) is 17.8 Å². The molecule has 10 heteroatoms. The first-order chi connectivity index (χ1) is 21.3. The Morgan fingerprint density at radius 2 is 1.59 bits per heavy atom. The Kier molecular flexibility index (Phi) is 11.0. The number of ether oxygens (including phenoxy) is 4. The van der Waals surface area contributed by atoms with Crippen LogP contribution in [0.15, 0.2) is 66.9 Å². The molecule has 4 aromatic rings. The number of amides is 3. The summed E-state index contributed by atoms with van der Waals surface area (Å²) in [6.07, 6.45) is 2.63. The van der Waals surface area contributed by atoms with E-state index >= 15 is 0 Å². The number of fused-ring (bicyclic) bond motifs is 1. The quantitative estimate of drug-likeness (QED) is 0.184. The van der Waals surface area contributed by atoms with Gasteiger partial charge in [-0.15, -0.1) is 0 Å². The number of anilines is 1. The highest BCUT2D eigenvalue weighted by molar-refractivity contribution is 5.94. The molecular weight excluding hydrogens is 560 g/mol. The molecular formula is C34H42N4O6. The third-order valence-corrected chi connectivity index (χ3v) is 7.35. The Balaban J connectivity index is 1.57. The molecule has 0 saturated heterocycles. The second-order valence-electron chi connectivity index (χ2n) is 10.9. The van der Waals surface area contributed by atoms with E-state index in [1.54, 1.807) is 49.3 Å². The number of aromatic amines is 1. The van der Waals surface area contributed by atoms with E-state index in [0.29, 0.717) is 54.7 Å². The lowest BCUT2D eigenvalue weighted by atomic mass is 10.1. The summed E-state index contributed by atoms with van der Waals surface area (Å²) in [5, 5.41) is 4.04. The van der Waals surface area contributed by atoms with Gasteiger partial charge in [-0.1, -0.05) is 38.1 Å². The smallest absolute Gasteiger partial charge is 0.322 e. The van der Waals surface area contributed by atoms with Crippen LogP contribution in [0.3, 0.4) is 0 Å². The fourth-order valence-electron chi connectivity index (χ4n) is 5.10. The number of hydrogen-bond donors (Lipinski definition) is 2. The number of aromatic nitrogens is 1. The number of benzene rings is 3. The first kappa shape index (κ1) is 32.1. The molecule has 1 aromatic heterocycles. The van der Waals surface area contributed by atoms with Crippen molar-refractivity contribution in [3.63, 3.8) is 0 Å². The summed E-state index contributed by atoms with van der Waals surface area (Å²) in [5.41, 5.74) is 3.54. The number of methoxy groups -OCH3 is 4. The topological polar surface area (TPSA) is 105 Å². The van der Waals surface area contributed by atoms with Gasteiger partial charge in [-0.3, -0.25) is 4.79 Å². The van der Waals surface area contributed by atoms with Crippen molar-refractivity contribution in [3.8, 4) is 23.0 Å². The molecule has 0 spiro atoms. The van der Waals surface area contributed by atoms with Gasteiger partial charge in [-0.05, 0) is 53.8 Å². The monoisotopic (exact) mass is 602 g/mol. The lowest BCUT2D eigenvalue weighted by molar-refractivity contribution is -0.132. The molecule has 1 heterocycles. The summed E-state index contributed by atoms with van der Waals surface area (Å²) in [7, 11) is 6.26. The molecule has 3 aromatic carbocycles. The van der Waals surface area contributed by atoms with Crippen LogP contribution in [0.5, 0.6) is 23.0 Å². The maximum atomic E-state index is 14.0. The molecule has 0 aliphatic rings. The van der Waals surface area contributed by atoms with Gasteiger partial charge in [-0.25, -0.2) is 4.79 Å². The Hall–Kier alpha value is -4.86. The second-order valence-corrected chi connectivity index (χ2v) is 10.9. The van der Waals surface area contributed by atoms with Crippen molar-refractivity contribution in [3.05, 3.63) is 78.0 Å². The number of hydrogen-bond acceptors (Lipinski definition) is 6. The summed E-state index contributed by atoms with van der Waals surface area (Å²) in [5.74, 6) is 2.23. The van der Waals surface area contributed by atoms with Crippen LogP contribution in [0.2, 0.25) is 0 Å². The van der Waals surface area contributed by atoms with E-state index < -0.39 is 6.03 Å². The van der Waals surface area contributed by atoms with Crippen LogP contribution >= 0.6 is 0 Å². The number of urea groups is 1. The standard InChI is InChI=1S/C34H42N4O6/c1-23(2)20-38(34(40)36-29-13-12-26(41-3)18-31(29)43-5)22-33(39)37(21-24-11-14-30(42-4)32(17-24)44-6)16-15-25-19-35-28-10-8-7-9-27(25)28/h7-14,17-19,23,35H,15-16,20-22H2,1-6H3,(H,36,40). The molecule has 0 saturated carbocycles. The van der Waals surface area contributed by atoms with Crippen molar-refractivity contribution in [2.24, 2.45) is 5.92 Å². The zero-order chi connectivity index (χ0) is 31.6. The van der Waals surface area contributed by atoms with Gasteiger partial charge in [0.2, 0.25) is 5.91 Å². The third-order valence-electron chi connectivity index (χ3n) is 7.35. The van der Waals surface area contributed by atoms with Gasteiger partial charge in [0.15, 0.2) is 11.5 Å². The molecule has 0 aliphatic carbocycles. The van der Waals surface area contributed by atoms with Gasteiger partial charge in [0.25, 0.3) is 0 Å². The van der Waals surface area contributed by atoms with Crippen molar-refractivity contribution in [1.29, 1.82) is 0 Å².